The molecule has 2 heterocycles. The molecular weight excluding hydrogens is 430 g/mol. The summed E-state index contributed by atoms with van der Waals surface area (Å²) >= 11 is 1.53. The van der Waals surface area contributed by atoms with Crippen molar-refractivity contribution >= 4 is 27.3 Å². The second-order valence-electron chi connectivity index (χ2n) is 7.72. The standard InChI is InChI=1S/C28H21NO3S/c1-32-22-14-12-20(13-15-22)25-17-24-28(33-25)23(27(31)21-10-6-3-7-11-21)16-26(30)29(24)18-19-8-4-2-5-9-19/h2-17H,18H2,1H3. The van der Waals surface area contributed by atoms with Gasteiger partial charge in [0, 0.05) is 22.1 Å². The van der Waals surface area contributed by atoms with Crippen LogP contribution in [-0.2, 0) is 6.54 Å². The fraction of sp³-hybridized carbons (Fsp3) is 0.0714. The topological polar surface area (TPSA) is 48.3 Å². The smallest absolute Gasteiger partial charge is 0.252 e. The molecule has 2 aromatic heterocycles. The summed E-state index contributed by atoms with van der Waals surface area (Å²) in [5, 5.41) is 0. The number of carbonyl (C=O) groups is 1. The highest BCUT2D eigenvalue weighted by atomic mass is 32.1. The van der Waals surface area contributed by atoms with Crippen LogP contribution in [0.25, 0.3) is 20.7 Å². The van der Waals surface area contributed by atoms with Gasteiger partial charge in [-0.3, -0.25) is 9.59 Å². The fourth-order valence-electron chi connectivity index (χ4n) is 3.90. The van der Waals surface area contributed by atoms with Gasteiger partial charge in [0.05, 0.1) is 23.9 Å². The van der Waals surface area contributed by atoms with Gasteiger partial charge in [-0.15, -0.1) is 11.3 Å². The minimum atomic E-state index is -0.190. The molecule has 0 aliphatic carbocycles. The van der Waals surface area contributed by atoms with E-state index in [9.17, 15) is 9.59 Å². The Morgan fingerprint density at radius 3 is 2.21 bits per heavy atom. The van der Waals surface area contributed by atoms with Crippen LogP contribution < -0.4 is 10.3 Å². The maximum Gasteiger partial charge on any atom is 0.252 e. The lowest BCUT2D eigenvalue weighted by molar-refractivity contribution is 0.104. The van der Waals surface area contributed by atoms with Gasteiger partial charge < -0.3 is 9.30 Å². The van der Waals surface area contributed by atoms with Crippen LogP contribution >= 0.6 is 11.3 Å². The minimum absolute atomic E-state index is 0.146. The second-order valence-corrected chi connectivity index (χ2v) is 8.77. The van der Waals surface area contributed by atoms with E-state index in [0.717, 1.165) is 32.0 Å². The molecule has 0 aliphatic heterocycles. The third-order valence-corrected chi connectivity index (χ3v) is 6.83. The van der Waals surface area contributed by atoms with E-state index < -0.39 is 0 Å². The number of methoxy groups -OCH3 is 1. The monoisotopic (exact) mass is 451 g/mol. The Labute approximate surface area is 195 Å². The Hall–Kier alpha value is -3.96. The Balaban J connectivity index is 1.70. The van der Waals surface area contributed by atoms with Crippen molar-refractivity contribution in [2.24, 2.45) is 0 Å². The summed E-state index contributed by atoms with van der Waals surface area (Å²) in [4.78, 5) is 27.6. The fourth-order valence-corrected chi connectivity index (χ4v) is 5.08. The van der Waals surface area contributed by atoms with E-state index in [-0.39, 0.29) is 11.3 Å². The van der Waals surface area contributed by atoms with Crippen LogP contribution in [0.3, 0.4) is 0 Å². The number of pyridine rings is 1. The molecule has 5 aromatic rings. The van der Waals surface area contributed by atoms with Crippen LogP contribution in [0.4, 0.5) is 0 Å². The average Bonchev–Trinajstić information content (AvgIpc) is 3.32. The molecule has 4 nitrogen and oxygen atoms in total. The first-order valence-electron chi connectivity index (χ1n) is 10.6. The molecule has 5 heteroatoms. The molecule has 0 radical (unpaired) electrons. The van der Waals surface area contributed by atoms with Gasteiger partial charge in [0.25, 0.3) is 5.56 Å². The van der Waals surface area contributed by atoms with Gasteiger partial charge in [0.1, 0.15) is 5.75 Å². The Morgan fingerprint density at radius 1 is 0.879 bits per heavy atom. The molecular formula is C28H21NO3S. The molecule has 0 amide bonds. The predicted octanol–water partition coefficient (Wildman–Crippen LogP) is 6.02. The summed E-state index contributed by atoms with van der Waals surface area (Å²) in [7, 11) is 1.64. The number of rotatable bonds is 6. The lowest BCUT2D eigenvalue weighted by Gasteiger charge is -2.10. The maximum atomic E-state index is 13.4. The van der Waals surface area contributed by atoms with Gasteiger partial charge in [-0.2, -0.15) is 0 Å². The number of ether oxygens (including phenoxy) is 1. The molecule has 0 bridgehead atoms. The lowest BCUT2D eigenvalue weighted by atomic mass is 10.0. The van der Waals surface area contributed by atoms with Crippen LogP contribution in [0.2, 0.25) is 0 Å². The maximum absolute atomic E-state index is 13.4. The number of benzene rings is 3. The van der Waals surface area contributed by atoms with Gasteiger partial charge in [0.15, 0.2) is 5.78 Å². The van der Waals surface area contributed by atoms with Gasteiger partial charge in [-0.25, -0.2) is 0 Å². The number of nitrogens with zero attached hydrogens (tertiary/aromatic N) is 1. The van der Waals surface area contributed by atoms with E-state index in [4.69, 9.17) is 4.74 Å². The number of thiophene rings is 1. The summed E-state index contributed by atoms with van der Waals surface area (Å²) in [6.07, 6.45) is 0. The molecule has 0 N–H and O–H groups in total. The zero-order valence-corrected chi connectivity index (χ0v) is 18.8. The number of ketones is 1. The number of hydrogen-bond donors (Lipinski definition) is 0. The molecule has 0 spiro atoms. The second kappa shape index (κ2) is 8.88. The Morgan fingerprint density at radius 2 is 1.55 bits per heavy atom. The van der Waals surface area contributed by atoms with Crippen molar-refractivity contribution in [1.82, 2.24) is 4.57 Å². The van der Waals surface area contributed by atoms with Crippen molar-refractivity contribution < 1.29 is 9.53 Å². The van der Waals surface area contributed by atoms with Crippen molar-refractivity contribution in [2.45, 2.75) is 6.54 Å². The molecule has 162 valence electrons. The van der Waals surface area contributed by atoms with E-state index in [1.807, 2.05) is 78.9 Å². The number of hydrogen-bond acceptors (Lipinski definition) is 4. The van der Waals surface area contributed by atoms with Gasteiger partial charge in [0.2, 0.25) is 0 Å². The highest BCUT2D eigenvalue weighted by Crippen LogP contribution is 2.36. The van der Waals surface area contributed by atoms with Crippen molar-refractivity contribution in [1.29, 1.82) is 0 Å². The first kappa shape index (κ1) is 20.9. The molecule has 0 fully saturated rings. The van der Waals surface area contributed by atoms with E-state index in [1.165, 1.54) is 17.4 Å². The van der Waals surface area contributed by atoms with Crippen LogP contribution in [-0.4, -0.2) is 17.5 Å². The molecule has 0 saturated carbocycles. The van der Waals surface area contributed by atoms with Crippen molar-refractivity contribution in [3.8, 4) is 16.2 Å². The largest absolute Gasteiger partial charge is 0.497 e. The highest BCUT2D eigenvalue weighted by molar-refractivity contribution is 7.22. The van der Waals surface area contributed by atoms with Crippen LogP contribution in [0.1, 0.15) is 21.5 Å². The molecule has 0 aliphatic rings. The highest BCUT2D eigenvalue weighted by Gasteiger charge is 2.20. The first-order chi connectivity index (χ1) is 16.1. The normalized spacial score (nSPS) is 10.9. The third-order valence-electron chi connectivity index (χ3n) is 5.62. The van der Waals surface area contributed by atoms with E-state index in [0.29, 0.717) is 17.7 Å². The van der Waals surface area contributed by atoms with Crippen molar-refractivity contribution in [2.75, 3.05) is 7.11 Å². The Kier molecular flexibility index (Phi) is 5.63. The molecule has 0 atom stereocenters. The van der Waals surface area contributed by atoms with Crippen LogP contribution in [0.15, 0.2) is 102 Å². The third kappa shape index (κ3) is 4.11. The van der Waals surface area contributed by atoms with Gasteiger partial charge in [-0.05, 0) is 41.5 Å². The Bertz CT molecular complexity index is 1480. The van der Waals surface area contributed by atoms with E-state index >= 15 is 0 Å². The first-order valence-corrected chi connectivity index (χ1v) is 11.4. The van der Waals surface area contributed by atoms with Crippen LogP contribution in [0, 0.1) is 0 Å². The molecule has 33 heavy (non-hydrogen) atoms. The average molecular weight is 452 g/mol. The van der Waals surface area contributed by atoms with Crippen LogP contribution in [0.5, 0.6) is 5.75 Å². The summed E-state index contributed by atoms with van der Waals surface area (Å²) < 4.78 is 7.83. The SMILES string of the molecule is COc1ccc(-c2cc3c(s2)c(C(=O)c2ccccc2)cc(=O)n3Cc2ccccc2)cc1. The molecule has 0 unspecified atom stereocenters. The van der Waals surface area contributed by atoms with E-state index in [1.54, 1.807) is 23.8 Å². The minimum Gasteiger partial charge on any atom is -0.497 e. The zero-order chi connectivity index (χ0) is 22.8. The summed E-state index contributed by atoms with van der Waals surface area (Å²) in [5.74, 6) is 0.633. The zero-order valence-electron chi connectivity index (χ0n) is 18.0. The lowest BCUT2D eigenvalue weighted by Crippen LogP contribution is -2.22. The number of carbonyl (C=O) groups excluding carboxylic acids is 1. The summed E-state index contributed by atoms with van der Waals surface area (Å²) in [6, 6.07) is 30.2. The molecule has 5 rings (SSSR count). The van der Waals surface area contributed by atoms with E-state index in [2.05, 4.69) is 0 Å². The summed E-state index contributed by atoms with van der Waals surface area (Å²) in [6.45, 7) is 0.439. The van der Waals surface area contributed by atoms with Crippen molar-refractivity contribution in [3.63, 3.8) is 0 Å². The molecule has 0 saturated heterocycles. The van der Waals surface area contributed by atoms with Gasteiger partial charge in [-0.1, -0.05) is 60.7 Å². The van der Waals surface area contributed by atoms with Gasteiger partial charge >= 0.3 is 0 Å². The predicted molar refractivity (Wildman–Crippen MR) is 133 cm³/mol. The quantitative estimate of drug-likeness (QED) is 0.297. The molecule has 3 aromatic carbocycles. The summed E-state index contributed by atoms with van der Waals surface area (Å²) in [5.41, 5.74) is 3.62. The number of aromatic nitrogens is 1. The number of fused-ring (bicyclic) bond motifs is 1. The van der Waals surface area contributed by atoms with Crippen molar-refractivity contribution in [3.05, 3.63) is 124 Å².